The lowest BCUT2D eigenvalue weighted by Crippen LogP contribution is -2.25. The van der Waals surface area contributed by atoms with Gasteiger partial charge in [-0.1, -0.05) is 23.6 Å². The fraction of sp³-hybridized carbons (Fsp3) is 0.0909. The van der Waals surface area contributed by atoms with Gasteiger partial charge in [0.15, 0.2) is 10.8 Å². The number of carbonyl (C=O) groups excluding carboxylic acids is 1. The average molecular weight is 234 g/mol. The van der Waals surface area contributed by atoms with Gasteiger partial charge in [0.1, 0.15) is 5.65 Å². The number of hydrogen-bond donors (Lipinski definition) is 1. The van der Waals surface area contributed by atoms with Crippen molar-refractivity contribution in [1.82, 2.24) is 14.7 Å². The Balaban J connectivity index is 2.47. The van der Waals surface area contributed by atoms with E-state index < -0.39 is 0 Å². The maximum atomic E-state index is 11.7. The minimum Gasteiger partial charge on any atom is -0.340 e. The van der Waals surface area contributed by atoms with Crippen molar-refractivity contribution in [1.29, 1.82) is 0 Å². The van der Waals surface area contributed by atoms with Crippen molar-refractivity contribution in [3.8, 4) is 12.3 Å². The lowest BCUT2D eigenvalue weighted by Gasteiger charge is -2.01. The number of fused-ring (bicyclic) bond motifs is 1. The topological polar surface area (TPSA) is 46.4 Å². The number of nitrogens with zero attached hydrogens (tertiary/aromatic N) is 2. The van der Waals surface area contributed by atoms with Gasteiger partial charge < -0.3 is 5.32 Å². The number of carbonyl (C=O) groups is 1. The summed E-state index contributed by atoms with van der Waals surface area (Å²) in [7, 11) is 0. The number of nitrogens with one attached hydrogen (secondary N) is 1. The van der Waals surface area contributed by atoms with E-state index in [1.165, 1.54) is 0 Å². The number of pyridine rings is 1. The summed E-state index contributed by atoms with van der Waals surface area (Å²) < 4.78 is 1.62. The van der Waals surface area contributed by atoms with Gasteiger partial charge in [0.25, 0.3) is 5.91 Å². The minimum atomic E-state index is -0.332. The molecule has 4 nitrogen and oxygen atoms in total. The number of aromatic nitrogens is 2. The number of hydrogen-bond acceptors (Lipinski definition) is 2. The molecular formula is C11H8ClN3O. The first-order valence-corrected chi connectivity index (χ1v) is 4.96. The molecule has 0 unspecified atom stereocenters. The van der Waals surface area contributed by atoms with Crippen molar-refractivity contribution in [2.45, 2.75) is 0 Å². The van der Waals surface area contributed by atoms with Crippen LogP contribution >= 0.6 is 11.6 Å². The van der Waals surface area contributed by atoms with Crippen LogP contribution in [0.25, 0.3) is 5.65 Å². The predicted octanol–water partition coefficient (Wildman–Crippen LogP) is 1.35. The molecule has 0 spiro atoms. The molecule has 2 heterocycles. The van der Waals surface area contributed by atoms with Gasteiger partial charge in [-0.2, -0.15) is 0 Å². The average Bonchev–Trinajstić information content (AvgIpc) is 2.62. The second-order valence-corrected chi connectivity index (χ2v) is 3.42. The summed E-state index contributed by atoms with van der Waals surface area (Å²) in [5, 5.41) is 2.71. The van der Waals surface area contributed by atoms with Gasteiger partial charge in [-0.25, -0.2) is 4.98 Å². The van der Waals surface area contributed by atoms with Crippen molar-refractivity contribution >= 4 is 23.2 Å². The normalized spacial score (nSPS) is 10.0. The first-order valence-electron chi connectivity index (χ1n) is 4.58. The molecular weight excluding hydrogens is 226 g/mol. The van der Waals surface area contributed by atoms with E-state index in [-0.39, 0.29) is 17.6 Å². The highest BCUT2D eigenvalue weighted by atomic mass is 35.5. The third kappa shape index (κ3) is 1.73. The Kier molecular flexibility index (Phi) is 2.80. The quantitative estimate of drug-likeness (QED) is 0.796. The molecule has 0 atom stereocenters. The molecule has 2 aromatic rings. The molecule has 0 aliphatic heterocycles. The van der Waals surface area contributed by atoms with Crippen LogP contribution in [-0.4, -0.2) is 21.8 Å². The van der Waals surface area contributed by atoms with E-state index in [2.05, 4.69) is 16.2 Å². The molecule has 2 aromatic heterocycles. The minimum absolute atomic E-state index is 0.162. The largest absolute Gasteiger partial charge is 0.340 e. The maximum absolute atomic E-state index is 11.7. The van der Waals surface area contributed by atoms with Crippen LogP contribution in [-0.2, 0) is 0 Å². The highest BCUT2D eigenvalue weighted by molar-refractivity contribution is 6.32. The summed E-state index contributed by atoms with van der Waals surface area (Å²) >= 11 is 5.90. The van der Waals surface area contributed by atoms with Crippen LogP contribution in [0.4, 0.5) is 0 Å². The van der Waals surface area contributed by atoms with E-state index >= 15 is 0 Å². The molecule has 0 fully saturated rings. The zero-order valence-electron chi connectivity index (χ0n) is 8.27. The molecule has 0 radical (unpaired) electrons. The number of rotatable bonds is 2. The monoisotopic (exact) mass is 233 g/mol. The third-order valence-electron chi connectivity index (χ3n) is 2.05. The number of imidazole rings is 1. The maximum Gasteiger partial charge on any atom is 0.272 e. The highest BCUT2D eigenvalue weighted by Gasteiger charge is 2.16. The molecule has 0 bridgehead atoms. The molecule has 80 valence electrons. The van der Waals surface area contributed by atoms with Crippen LogP contribution in [0.1, 0.15) is 10.5 Å². The predicted molar refractivity (Wildman–Crippen MR) is 61.4 cm³/mol. The summed E-state index contributed by atoms with van der Waals surface area (Å²) in [4.78, 5) is 15.8. The van der Waals surface area contributed by atoms with E-state index in [9.17, 15) is 4.79 Å². The molecule has 16 heavy (non-hydrogen) atoms. The van der Waals surface area contributed by atoms with Crippen LogP contribution in [0.3, 0.4) is 0 Å². The van der Waals surface area contributed by atoms with Gasteiger partial charge in [-0.05, 0) is 12.1 Å². The van der Waals surface area contributed by atoms with Gasteiger partial charge in [-0.3, -0.25) is 9.20 Å². The lowest BCUT2D eigenvalue weighted by molar-refractivity contribution is 0.0953. The van der Waals surface area contributed by atoms with E-state index in [0.717, 1.165) is 0 Å². The van der Waals surface area contributed by atoms with Gasteiger partial charge in [-0.15, -0.1) is 6.42 Å². The van der Waals surface area contributed by atoms with Crippen molar-refractivity contribution in [3.05, 3.63) is 35.2 Å². The van der Waals surface area contributed by atoms with Crippen LogP contribution < -0.4 is 5.32 Å². The second-order valence-electron chi connectivity index (χ2n) is 3.07. The van der Waals surface area contributed by atoms with Crippen LogP contribution in [0.2, 0.25) is 5.15 Å². The molecule has 2 rings (SSSR count). The van der Waals surface area contributed by atoms with E-state index in [1.807, 2.05) is 6.07 Å². The van der Waals surface area contributed by atoms with Gasteiger partial charge in [0, 0.05) is 6.20 Å². The first kappa shape index (κ1) is 10.5. The summed E-state index contributed by atoms with van der Waals surface area (Å²) in [5.41, 5.74) is 0.922. The third-order valence-corrected chi connectivity index (χ3v) is 2.32. The number of amides is 1. The Bertz CT molecular complexity index is 582. The standard InChI is InChI=1S/C11H8ClN3O/c1-2-6-13-11(16)9-10(12)14-8-5-3-4-7-15(8)9/h1,3-5,7H,6H2,(H,13,16). The first-order chi connectivity index (χ1) is 7.74. The molecule has 0 saturated heterocycles. The molecule has 0 aliphatic carbocycles. The van der Waals surface area contributed by atoms with Crippen LogP contribution in [0, 0.1) is 12.3 Å². The van der Waals surface area contributed by atoms with Crippen molar-refractivity contribution < 1.29 is 4.79 Å². The van der Waals surface area contributed by atoms with Crippen molar-refractivity contribution in [2.24, 2.45) is 0 Å². The zero-order valence-corrected chi connectivity index (χ0v) is 9.03. The second kappa shape index (κ2) is 4.25. The van der Waals surface area contributed by atoms with E-state index in [4.69, 9.17) is 18.0 Å². The fourth-order valence-corrected chi connectivity index (χ4v) is 1.65. The highest BCUT2D eigenvalue weighted by Crippen LogP contribution is 2.17. The summed E-state index contributed by atoms with van der Waals surface area (Å²) in [5.74, 6) is 1.99. The Morgan fingerprint density at radius 3 is 3.19 bits per heavy atom. The smallest absolute Gasteiger partial charge is 0.272 e. The van der Waals surface area contributed by atoms with Crippen LogP contribution in [0.5, 0.6) is 0 Å². The van der Waals surface area contributed by atoms with Crippen LogP contribution in [0.15, 0.2) is 24.4 Å². The molecule has 0 saturated carbocycles. The molecule has 1 amide bonds. The summed E-state index contributed by atoms with van der Waals surface area (Å²) in [6.07, 6.45) is 6.78. The van der Waals surface area contributed by atoms with Gasteiger partial charge in [0.2, 0.25) is 0 Å². The number of terminal acetylenes is 1. The summed E-state index contributed by atoms with van der Waals surface area (Å²) in [6, 6.07) is 5.38. The van der Waals surface area contributed by atoms with Crippen molar-refractivity contribution in [3.63, 3.8) is 0 Å². The summed E-state index contributed by atoms with van der Waals surface area (Å²) in [6.45, 7) is 0.162. The molecule has 0 aliphatic rings. The zero-order chi connectivity index (χ0) is 11.5. The van der Waals surface area contributed by atoms with Crippen molar-refractivity contribution in [2.75, 3.05) is 6.54 Å². The van der Waals surface area contributed by atoms with Gasteiger partial charge in [0.05, 0.1) is 6.54 Å². The Morgan fingerprint density at radius 1 is 1.62 bits per heavy atom. The fourth-order valence-electron chi connectivity index (χ4n) is 1.39. The molecule has 0 aromatic carbocycles. The molecule has 5 heteroatoms. The lowest BCUT2D eigenvalue weighted by atomic mass is 10.4. The SMILES string of the molecule is C#CCNC(=O)c1c(Cl)nc2ccccn12. The number of halogens is 1. The van der Waals surface area contributed by atoms with E-state index in [0.29, 0.717) is 11.3 Å². The Morgan fingerprint density at radius 2 is 2.44 bits per heavy atom. The van der Waals surface area contributed by atoms with Gasteiger partial charge >= 0.3 is 0 Å². The van der Waals surface area contributed by atoms with E-state index in [1.54, 1.807) is 22.7 Å². The molecule has 1 N–H and O–H groups in total. The Hall–Kier alpha value is -1.99. The Labute approximate surface area is 97.2 Å².